The summed E-state index contributed by atoms with van der Waals surface area (Å²) in [6, 6.07) is 22.2. The molecular formula is C21H20N2O2. The molecule has 0 spiro atoms. The first-order valence-electron chi connectivity index (χ1n) is 8.51. The number of amides is 2. The van der Waals surface area contributed by atoms with Gasteiger partial charge in [-0.3, -0.25) is 0 Å². The van der Waals surface area contributed by atoms with Crippen LogP contribution in [0.5, 0.6) is 5.75 Å². The van der Waals surface area contributed by atoms with E-state index in [1.807, 2.05) is 42.5 Å². The van der Waals surface area contributed by atoms with E-state index in [0.29, 0.717) is 19.7 Å². The first-order valence-corrected chi connectivity index (χ1v) is 8.51. The Labute approximate surface area is 146 Å². The van der Waals surface area contributed by atoms with Crippen molar-refractivity contribution in [2.24, 2.45) is 0 Å². The van der Waals surface area contributed by atoms with E-state index in [0.717, 1.165) is 16.9 Å². The van der Waals surface area contributed by atoms with Gasteiger partial charge in [0.25, 0.3) is 0 Å². The molecule has 2 amide bonds. The zero-order valence-electron chi connectivity index (χ0n) is 13.9. The van der Waals surface area contributed by atoms with E-state index in [9.17, 15) is 4.79 Å². The Bertz CT molecular complexity index is 902. The van der Waals surface area contributed by atoms with Gasteiger partial charge in [-0.2, -0.15) is 0 Å². The monoisotopic (exact) mass is 332 g/mol. The average Bonchev–Trinajstić information content (AvgIpc) is 3.08. The van der Waals surface area contributed by atoms with Gasteiger partial charge in [-0.05, 0) is 22.4 Å². The van der Waals surface area contributed by atoms with Gasteiger partial charge in [-0.1, -0.05) is 60.7 Å². The van der Waals surface area contributed by atoms with Crippen molar-refractivity contribution in [2.45, 2.75) is 12.5 Å². The molecular weight excluding hydrogens is 312 g/mol. The highest BCUT2D eigenvalue weighted by molar-refractivity contribution is 5.86. The van der Waals surface area contributed by atoms with Crippen LogP contribution in [0, 0.1) is 0 Å². The van der Waals surface area contributed by atoms with Gasteiger partial charge in [-0.15, -0.1) is 0 Å². The van der Waals surface area contributed by atoms with E-state index < -0.39 is 0 Å². The van der Waals surface area contributed by atoms with Crippen LogP contribution >= 0.6 is 0 Å². The maximum absolute atomic E-state index is 12.2. The SMILES string of the molecule is O=C(NCc1cccc2ccccc12)NC[C@@H]1COc2ccccc21. The second-order valence-corrected chi connectivity index (χ2v) is 6.25. The molecule has 1 aliphatic heterocycles. The van der Waals surface area contributed by atoms with Crippen LogP contribution in [0.25, 0.3) is 10.8 Å². The molecule has 0 aliphatic carbocycles. The van der Waals surface area contributed by atoms with Crippen molar-refractivity contribution in [3.8, 4) is 5.75 Å². The highest BCUT2D eigenvalue weighted by Gasteiger charge is 2.23. The maximum Gasteiger partial charge on any atom is 0.315 e. The van der Waals surface area contributed by atoms with E-state index in [2.05, 4.69) is 34.9 Å². The molecule has 3 aromatic rings. The molecule has 2 N–H and O–H groups in total. The number of urea groups is 1. The van der Waals surface area contributed by atoms with Crippen molar-refractivity contribution in [3.05, 3.63) is 77.9 Å². The fourth-order valence-corrected chi connectivity index (χ4v) is 3.30. The molecule has 0 fully saturated rings. The van der Waals surface area contributed by atoms with Crippen molar-refractivity contribution >= 4 is 16.8 Å². The van der Waals surface area contributed by atoms with Crippen molar-refractivity contribution in [1.29, 1.82) is 0 Å². The van der Waals surface area contributed by atoms with E-state index in [1.165, 1.54) is 10.8 Å². The van der Waals surface area contributed by atoms with Crippen LogP contribution in [0.2, 0.25) is 0 Å². The molecule has 4 nitrogen and oxygen atoms in total. The zero-order chi connectivity index (χ0) is 17.1. The van der Waals surface area contributed by atoms with Crippen LogP contribution in [-0.2, 0) is 6.54 Å². The lowest BCUT2D eigenvalue weighted by molar-refractivity contribution is 0.238. The summed E-state index contributed by atoms with van der Waals surface area (Å²) in [7, 11) is 0. The number of benzene rings is 3. The normalized spacial score (nSPS) is 15.4. The fraction of sp³-hybridized carbons (Fsp3) is 0.190. The third kappa shape index (κ3) is 3.29. The van der Waals surface area contributed by atoms with E-state index in [-0.39, 0.29) is 11.9 Å². The quantitative estimate of drug-likeness (QED) is 0.763. The molecule has 0 unspecified atom stereocenters. The predicted octanol–water partition coefficient (Wildman–Crippen LogP) is 3.82. The minimum atomic E-state index is -0.155. The summed E-state index contributed by atoms with van der Waals surface area (Å²) in [6.07, 6.45) is 0. The van der Waals surface area contributed by atoms with Gasteiger partial charge in [0, 0.05) is 24.6 Å². The smallest absolute Gasteiger partial charge is 0.315 e. The number of ether oxygens (including phenoxy) is 1. The lowest BCUT2D eigenvalue weighted by atomic mass is 10.0. The average molecular weight is 332 g/mol. The number of nitrogens with one attached hydrogen (secondary N) is 2. The molecule has 126 valence electrons. The summed E-state index contributed by atoms with van der Waals surface area (Å²) in [5.74, 6) is 1.13. The van der Waals surface area contributed by atoms with Crippen LogP contribution in [0.3, 0.4) is 0 Å². The van der Waals surface area contributed by atoms with Crippen molar-refractivity contribution in [1.82, 2.24) is 10.6 Å². The van der Waals surface area contributed by atoms with Crippen molar-refractivity contribution in [3.63, 3.8) is 0 Å². The minimum Gasteiger partial charge on any atom is -0.493 e. The molecule has 4 rings (SSSR count). The molecule has 0 aromatic heterocycles. The van der Waals surface area contributed by atoms with Crippen LogP contribution in [0.1, 0.15) is 17.0 Å². The second kappa shape index (κ2) is 6.85. The number of rotatable bonds is 4. The first-order chi connectivity index (χ1) is 12.3. The summed E-state index contributed by atoms with van der Waals surface area (Å²) < 4.78 is 5.65. The summed E-state index contributed by atoms with van der Waals surface area (Å²) in [6.45, 7) is 1.69. The lowest BCUT2D eigenvalue weighted by Gasteiger charge is -2.12. The highest BCUT2D eigenvalue weighted by atomic mass is 16.5. The van der Waals surface area contributed by atoms with Crippen LogP contribution in [0.4, 0.5) is 4.79 Å². The number of hydrogen-bond acceptors (Lipinski definition) is 2. The fourth-order valence-electron chi connectivity index (χ4n) is 3.30. The molecule has 1 heterocycles. The van der Waals surface area contributed by atoms with Gasteiger partial charge in [0.15, 0.2) is 0 Å². The molecule has 3 aromatic carbocycles. The van der Waals surface area contributed by atoms with Gasteiger partial charge in [0.05, 0.1) is 6.61 Å². The summed E-state index contributed by atoms with van der Waals surface area (Å²) in [4.78, 5) is 12.2. The van der Waals surface area contributed by atoms with Gasteiger partial charge in [0.2, 0.25) is 0 Å². The largest absolute Gasteiger partial charge is 0.493 e. The Hall–Kier alpha value is -3.01. The third-order valence-corrected chi connectivity index (χ3v) is 4.63. The Morgan fingerprint density at radius 3 is 2.72 bits per heavy atom. The summed E-state index contributed by atoms with van der Waals surface area (Å²) >= 11 is 0. The standard InChI is InChI=1S/C21H20N2O2/c24-21(23-13-17-14-25-20-11-4-3-10-19(17)20)22-12-16-8-5-7-15-6-1-2-9-18(15)16/h1-11,17H,12-14H2,(H2,22,23,24)/t17-/m1/s1. The Kier molecular flexibility index (Phi) is 4.25. The van der Waals surface area contributed by atoms with Crippen LogP contribution in [0.15, 0.2) is 66.7 Å². The lowest BCUT2D eigenvalue weighted by Crippen LogP contribution is -2.37. The Balaban J connectivity index is 1.34. The molecule has 0 bridgehead atoms. The number of para-hydroxylation sites is 1. The number of carbonyl (C=O) groups excluding carboxylic acids is 1. The van der Waals surface area contributed by atoms with E-state index >= 15 is 0 Å². The summed E-state index contributed by atoms with van der Waals surface area (Å²) in [5, 5.41) is 8.25. The summed E-state index contributed by atoms with van der Waals surface area (Å²) in [5.41, 5.74) is 2.28. The Morgan fingerprint density at radius 2 is 1.76 bits per heavy atom. The Morgan fingerprint density at radius 1 is 0.960 bits per heavy atom. The predicted molar refractivity (Wildman–Crippen MR) is 98.9 cm³/mol. The minimum absolute atomic E-state index is 0.155. The highest BCUT2D eigenvalue weighted by Crippen LogP contribution is 2.32. The van der Waals surface area contributed by atoms with Gasteiger partial charge in [-0.25, -0.2) is 4.79 Å². The van der Waals surface area contributed by atoms with Crippen molar-refractivity contribution < 1.29 is 9.53 Å². The van der Waals surface area contributed by atoms with Gasteiger partial charge >= 0.3 is 6.03 Å². The number of carbonyl (C=O) groups is 1. The molecule has 0 saturated carbocycles. The van der Waals surface area contributed by atoms with Gasteiger partial charge in [0.1, 0.15) is 5.75 Å². The van der Waals surface area contributed by atoms with E-state index in [4.69, 9.17) is 4.74 Å². The second-order valence-electron chi connectivity index (χ2n) is 6.25. The molecule has 1 atom stereocenters. The van der Waals surface area contributed by atoms with Crippen LogP contribution in [-0.4, -0.2) is 19.2 Å². The van der Waals surface area contributed by atoms with Crippen LogP contribution < -0.4 is 15.4 Å². The molecule has 4 heteroatoms. The number of fused-ring (bicyclic) bond motifs is 2. The van der Waals surface area contributed by atoms with Crippen molar-refractivity contribution in [2.75, 3.05) is 13.2 Å². The topological polar surface area (TPSA) is 50.4 Å². The third-order valence-electron chi connectivity index (χ3n) is 4.63. The first kappa shape index (κ1) is 15.5. The van der Waals surface area contributed by atoms with E-state index in [1.54, 1.807) is 0 Å². The molecule has 0 radical (unpaired) electrons. The molecule has 0 saturated heterocycles. The van der Waals surface area contributed by atoms with Gasteiger partial charge < -0.3 is 15.4 Å². The molecule has 1 aliphatic rings. The number of hydrogen-bond donors (Lipinski definition) is 2. The zero-order valence-corrected chi connectivity index (χ0v) is 13.9. The molecule has 25 heavy (non-hydrogen) atoms. The maximum atomic E-state index is 12.2.